The van der Waals surface area contributed by atoms with E-state index in [-0.39, 0.29) is 5.41 Å². The first-order valence-corrected chi connectivity index (χ1v) is 20.7. The van der Waals surface area contributed by atoms with Crippen LogP contribution in [0.3, 0.4) is 0 Å². The lowest BCUT2D eigenvalue weighted by atomic mass is 9.76. The minimum atomic E-state index is -0.186. The highest BCUT2D eigenvalue weighted by atomic mass is 15.0. The summed E-state index contributed by atoms with van der Waals surface area (Å²) in [5.41, 5.74) is 17.5. The molecular formula is C56H45N3. The van der Waals surface area contributed by atoms with E-state index in [9.17, 15) is 0 Å². The van der Waals surface area contributed by atoms with Gasteiger partial charge in [-0.05, 0) is 58.4 Å². The molecule has 2 aliphatic carbocycles. The Bertz CT molecular complexity index is 3030. The molecule has 2 aromatic heterocycles. The van der Waals surface area contributed by atoms with E-state index in [0.29, 0.717) is 0 Å². The fraction of sp³-hybridized carbons (Fsp3) is 0.107. The normalized spacial score (nSPS) is 15.2. The number of allylic oxidation sites excluding steroid dienone is 2. The molecule has 3 nitrogen and oxygen atoms in total. The van der Waals surface area contributed by atoms with Gasteiger partial charge >= 0.3 is 0 Å². The molecule has 8 aromatic rings. The Labute approximate surface area is 346 Å². The molecule has 0 fully saturated rings. The molecule has 10 rings (SSSR count). The Morgan fingerprint density at radius 2 is 1.29 bits per heavy atom. The Morgan fingerprint density at radius 1 is 0.661 bits per heavy atom. The summed E-state index contributed by atoms with van der Waals surface area (Å²) in [4.78, 5) is 10.5. The first-order valence-electron chi connectivity index (χ1n) is 20.7. The number of benzene rings is 6. The highest BCUT2D eigenvalue weighted by Gasteiger charge is 2.29. The van der Waals surface area contributed by atoms with Crippen LogP contribution in [0.4, 0.5) is 0 Å². The predicted octanol–water partition coefficient (Wildman–Crippen LogP) is 12.2. The first kappa shape index (κ1) is 36.3. The van der Waals surface area contributed by atoms with E-state index in [4.69, 9.17) is 9.97 Å². The SMILES string of the molecule is C=C/C=C\c1c(CC)n(-c2ccccc2)c2c1=CC(C)(c1cccc(-c3ccc4c(c3)Cc3c(-c5ccc(-c6ccccc6)cc5)nc(-c5ccccc5)nc3-4)c1)CC=2. The van der Waals surface area contributed by atoms with Crippen molar-refractivity contribution in [2.75, 3.05) is 0 Å². The summed E-state index contributed by atoms with van der Waals surface area (Å²) in [6.45, 7) is 8.62. The number of aromatic nitrogens is 3. The lowest BCUT2D eigenvalue weighted by molar-refractivity contribution is 0.651. The minimum absolute atomic E-state index is 0.186. The highest BCUT2D eigenvalue weighted by Crippen LogP contribution is 2.43. The maximum atomic E-state index is 5.26. The zero-order chi connectivity index (χ0) is 39.9. The fourth-order valence-corrected chi connectivity index (χ4v) is 9.17. The number of nitrogens with zero attached hydrogens (tertiary/aromatic N) is 3. The average molecular weight is 760 g/mol. The van der Waals surface area contributed by atoms with E-state index in [1.54, 1.807) is 0 Å². The topological polar surface area (TPSA) is 30.7 Å². The average Bonchev–Trinajstić information content (AvgIpc) is 3.83. The van der Waals surface area contributed by atoms with Crippen molar-refractivity contribution < 1.29 is 0 Å². The summed E-state index contributed by atoms with van der Waals surface area (Å²) in [5.74, 6) is 0.751. The molecule has 0 N–H and O–H groups in total. The third-order valence-corrected chi connectivity index (χ3v) is 12.2. The molecular weight excluding hydrogens is 715 g/mol. The van der Waals surface area contributed by atoms with E-state index in [1.807, 2.05) is 12.1 Å². The summed E-state index contributed by atoms with van der Waals surface area (Å²) in [7, 11) is 0. The first-order chi connectivity index (χ1) is 29.0. The Hall–Kier alpha value is -7.10. The molecule has 0 amide bonds. The van der Waals surface area contributed by atoms with Crippen molar-refractivity contribution in [1.29, 1.82) is 0 Å². The van der Waals surface area contributed by atoms with Gasteiger partial charge in [-0.2, -0.15) is 0 Å². The van der Waals surface area contributed by atoms with Gasteiger partial charge < -0.3 is 4.57 Å². The molecule has 0 bridgehead atoms. The van der Waals surface area contributed by atoms with Crippen molar-refractivity contribution in [2.24, 2.45) is 0 Å². The van der Waals surface area contributed by atoms with Crippen LogP contribution < -0.4 is 10.6 Å². The van der Waals surface area contributed by atoms with E-state index < -0.39 is 0 Å². The van der Waals surface area contributed by atoms with E-state index >= 15 is 0 Å². The van der Waals surface area contributed by atoms with Crippen LogP contribution in [-0.2, 0) is 18.3 Å². The lowest BCUT2D eigenvalue weighted by Crippen LogP contribution is -2.37. The molecule has 0 saturated carbocycles. The second kappa shape index (κ2) is 15.0. The molecule has 3 heteroatoms. The van der Waals surface area contributed by atoms with Crippen LogP contribution >= 0.6 is 0 Å². The number of hydrogen-bond donors (Lipinski definition) is 0. The van der Waals surface area contributed by atoms with Gasteiger partial charge in [0.05, 0.1) is 11.4 Å². The van der Waals surface area contributed by atoms with Gasteiger partial charge in [0.2, 0.25) is 0 Å². The minimum Gasteiger partial charge on any atom is -0.313 e. The van der Waals surface area contributed by atoms with Crippen molar-refractivity contribution in [3.8, 4) is 61.8 Å². The smallest absolute Gasteiger partial charge is 0.160 e. The second-order valence-electron chi connectivity index (χ2n) is 15.9. The maximum absolute atomic E-state index is 5.26. The molecule has 59 heavy (non-hydrogen) atoms. The molecule has 1 unspecified atom stereocenters. The van der Waals surface area contributed by atoms with Crippen LogP contribution in [0.25, 0.3) is 80.1 Å². The summed E-state index contributed by atoms with van der Waals surface area (Å²) < 4.78 is 2.45. The van der Waals surface area contributed by atoms with Gasteiger partial charge in [-0.1, -0.05) is 196 Å². The highest BCUT2D eigenvalue weighted by molar-refractivity contribution is 5.85. The number of para-hydroxylation sites is 1. The van der Waals surface area contributed by atoms with Crippen LogP contribution in [0.5, 0.6) is 0 Å². The number of hydrogen-bond acceptors (Lipinski definition) is 2. The molecule has 0 radical (unpaired) electrons. The van der Waals surface area contributed by atoms with Crippen LogP contribution in [0.2, 0.25) is 0 Å². The Balaban J connectivity index is 1.03. The summed E-state index contributed by atoms with van der Waals surface area (Å²) in [5, 5.41) is 2.56. The van der Waals surface area contributed by atoms with E-state index in [0.717, 1.165) is 47.6 Å². The zero-order valence-electron chi connectivity index (χ0n) is 33.6. The van der Waals surface area contributed by atoms with Crippen LogP contribution in [0, 0.1) is 0 Å². The maximum Gasteiger partial charge on any atom is 0.160 e. The monoisotopic (exact) mass is 759 g/mol. The van der Waals surface area contributed by atoms with E-state index in [1.165, 1.54) is 72.0 Å². The molecule has 2 aliphatic rings. The van der Waals surface area contributed by atoms with Crippen LogP contribution in [0.1, 0.15) is 48.2 Å². The molecule has 0 aliphatic heterocycles. The van der Waals surface area contributed by atoms with Gasteiger partial charge in [0.25, 0.3) is 0 Å². The molecule has 1 atom stereocenters. The van der Waals surface area contributed by atoms with Gasteiger partial charge in [-0.3, -0.25) is 0 Å². The van der Waals surface area contributed by atoms with Crippen molar-refractivity contribution in [3.05, 3.63) is 215 Å². The van der Waals surface area contributed by atoms with Gasteiger partial charge in [0.1, 0.15) is 0 Å². The molecule has 284 valence electrons. The van der Waals surface area contributed by atoms with Gasteiger partial charge in [0, 0.05) is 61.6 Å². The van der Waals surface area contributed by atoms with Crippen molar-refractivity contribution in [2.45, 2.75) is 38.5 Å². The number of fused-ring (bicyclic) bond motifs is 4. The Kier molecular flexibility index (Phi) is 9.22. The summed E-state index contributed by atoms with van der Waals surface area (Å²) in [6.07, 6.45) is 13.7. The molecule has 0 saturated heterocycles. The van der Waals surface area contributed by atoms with Crippen LogP contribution in [0.15, 0.2) is 176 Å². The van der Waals surface area contributed by atoms with Crippen molar-refractivity contribution >= 4 is 18.2 Å². The van der Waals surface area contributed by atoms with E-state index in [2.05, 4.69) is 201 Å². The zero-order valence-corrected chi connectivity index (χ0v) is 33.6. The summed E-state index contributed by atoms with van der Waals surface area (Å²) >= 11 is 0. The summed E-state index contributed by atoms with van der Waals surface area (Å²) in [6, 6.07) is 56.6. The molecule has 0 spiro atoms. The standard InChI is InChI=1S/C56H45N3/c1-4-6-25-48-50-37-56(3,33-32-52(50)59(51(48)5-2)46-23-14-9-15-24-46)45-22-16-21-42(35-45)43-30-31-47-44(34-43)36-49-53(57-55(58-54(47)49)41-19-12-8-13-20-41)40-28-26-39(27-29-40)38-17-10-7-11-18-38/h4,6-32,34-35,37H,1,5,33,36H2,2-3H3/b25-6-. The Morgan fingerprint density at radius 3 is 2.02 bits per heavy atom. The molecule has 2 heterocycles. The van der Waals surface area contributed by atoms with Crippen molar-refractivity contribution in [1.82, 2.24) is 14.5 Å². The largest absolute Gasteiger partial charge is 0.313 e. The quantitative estimate of drug-likeness (QED) is 0.137. The van der Waals surface area contributed by atoms with Crippen molar-refractivity contribution in [3.63, 3.8) is 0 Å². The van der Waals surface area contributed by atoms with Gasteiger partial charge in [-0.25, -0.2) is 9.97 Å². The van der Waals surface area contributed by atoms with Gasteiger partial charge in [0.15, 0.2) is 5.82 Å². The fourth-order valence-electron chi connectivity index (χ4n) is 9.17. The third kappa shape index (κ3) is 6.49. The predicted molar refractivity (Wildman–Crippen MR) is 247 cm³/mol. The second-order valence-corrected chi connectivity index (χ2v) is 15.9. The lowest BCUT2D eigenvalue weighted by Gasteiger charge is -2.28. The van der Waals surface area contributed by atoms with Crippen LogP contribution in [-0.4, -0.2) is 14.5 Å². The molecule has 6 aromatic carbocycles. The third-order valence-electron chi connectivity index (χ3n) is 12.2. The van der Waals surface area contributed by atoms with Gasteiger partial charge in [-0.15, -0.1) is 0 Å². The number of rotatable bonds is 9.